The van der Waals surface area contributed by atoms with Crippen LogP contribution in [0.1, 0.15) is 12.5 Å². The lowest BCUT2D eigenvalue weighted by atomic mass is 10.2. The van der Waals surface area contributed by atoms with E-state index in [2.05, 4.69) is 5.32 Å². The molecule has 0 aliphatic heterocycles. The van der Waals surface area contributed by atoms with Crippen LogP contribution in [-0.2, 0) is 11.3 Å². The third kappa shape index (κ3) is 5.02. The molecule has 0 radical (unpaired) electrons. The van der Waals surface area contributed by atoms with E-state index in [0.29, 0.717) is 6.54 Å². The van der Waals surface area contributed by atoms with Crippen LogP contribution in [0.3, 0.4) is 0 Å². The Morgan fingerprint density at radius 3 is 2.33 bits per heavy atom. The number of nitrogens with zero attached hydrogens (tertiary/aromatic N) is 1. The molecule has 3 nitrogen and oxygen atoms in total. The molecule has 1 unspecified atom stereocenters. The molecular formula is C12H15Cl3N2O. The summed E-state index contributed by atoms with van der Waals surface area (Å²) in [6, 6.07) is 9.75. The molecule has 1 atom stereocenters. The van der Waals surface area contributed by atoms with Crippen molar-refractivity contribution in [3.05, 3.63) is 35.9 Å². The highest BCUT2D eigenvalue weighted by molar-refractivity contribution is 6.68. The molecule has 0 aliphatic carbocycles. The van der Waals surface area contributed by atoms with Gasteiger partial charge in [0, 0.05) is 13.5 Å². The van der Waals surface area contributed by atoms with Crippen molar-refractivity contribution >= 4 is 40.7 Å². The van der Waals surface area contributed by atoms with Crippen molar-refractivity contribution in [2.45, 2.75) is 23.4 Å². The molecule has 6 heteroatoms. The number of halogens is 3. The molecule has 0 fully saturated rings. The molecule has 1 aromatic rings. The average molecular weight is 310 g/mol. The maximum atomic E-state index is 11.1. The van der Waals surface area contributed by atoms with Crippen molar-refractivity contribution in [1.82, 2.24) is 10.2 Å². The van der Waals surface area contributed by atoms with E-state index in [1.807, 2.05) is 30.3 Å². The van der Waals surface area contributed by atoms with Gasteiger partial charge in [0.1, 0.15) is 6.17 Å². The molecule has 0 heterocycles. The minimum absolute atomic E-state index is 0.244. The number of nitrogens with one attached hydrogen (secondary N) is 1. The highest BCUT2D eigenvalue weighted by Gasteiger charge is 2.36. The third-order valence-corrected chi connectivity index (χ3v) is 2.99. The van der Waals surface area contributed by atoms with Crippen LogP contribution in [0.15, 0.2) is 30.3 Å². The van der Waals surface area contributed by atoms with Crippen LogP contribution in [0, 0.1) is 0 Å². The molecule has 0 bridgehead atoms. The summed E-state index contributed by atoms with van der Waals surface area (Å²) < 4.78 is -1.59. The van der Waals surface area contributed by atoms with Gasteiger partial charge in [0.05, 0.1) is 0 Å². The maximum Gasteiger partial charge on any atom is 0.223 e. The van der Waals surface area contributed by atoms with Gasteiger partial charge in [0.2, 0.25) is 9.70 Å². The number of alkyl halides is 3. The number of carbonyl (C=O) groups is 1. The number of benzene rings is 1. The van der Waals surface area contributed by atoms with Gasteiger partial charge in [0.25, 0.3) is 0 Å². The standard InChI is InChI=1S/C12H15Cl3N2O/c1-9(18)16-11(12(13,14)15)17(2)8-10-6-4-3-5-7-10/h3-7,11H,8H2,1-2H3,(H,16,18). The molecule has 18 heavy (non-hydrogen) atoms. The summed E-state index contributed by atoms with van der Waals surface area (Å²) in [4.78, 5) is 12.9. The number of amides is 1. The van der Waals surface area contributed by atoms with Crippen LogP contribution in [0.2, 0.25) is 0 Å². The van der Waals surface area contributed by atoms with E-state index in [-0.39, 0.29) is 5.91 Å². The van der Waals surface area contributed by atoms with Crippen LogP contribution in [0.25, 0.3) is 0 Å². The van der Waals surface area contributed by atoms with Gasteiger partial charge in [-0.15, -0.1) is 0 Å². The predicted molar refractivity (Wildman–Crippen MR) is 75.8 cm³/mol. The predicted octanol–water partition coefficient (Wildman–Crippen LogP) is 2.95. The summed E-state index contributed by atoms with van der Waals surface area (Å²) in [5, 5.41) is 2.63. The zero-order valence-corrected chi connectivity index (χ0v) is 12.4. The van der Waals surface area contributed by atoms with Crippen LogP contribution in [0.4, 0.5) is 0 Å². The molecule has 0 aromatic heterocycles. The summed E-state index contributed by atoms with van der Waals surface area (Å²) in [6.45, 7) is 1.96. The van der Waals surface area contributed by atoms with Gasteiger partial charge in [-0.05, 0) is 12.6 Å². The Hall–Kier alpha value is -0.480. The molecule has 1 aromatic carbocycles. The van der Waals surface area contributed by atoms with Gasteiger partial charge in [-0.1, -0.05) is 65.1 Å². The quantitative estimate of drug-likeness (QED) is 0.685. The molecule has 1 amide bonds. The smallest absolute Gasteiger partial charge is 0.223 e. The summed E-state index contributed by atoms with van der Waals surface area (Å²) in [5.74, 6) is -0.244. The maximum absolute atomic E-state index is 11.1. The first-order valence-electron chi connectivity index (χ1n) is 5.38. The number of hydrogen-bond acceptors (Lipinski definition) is 2. The normalized spacial score (nSPS) is 13.4. The molecule has 0 saturated carbocycles. The van der Waals surface area contributed by atoms with E-state index >= 15 is 0 Å². The van der Waals surface area contributed by atoms with Gasteiger partial charge < -0.3 is 5.32 Å². The highest BCUT2D eigenvalue weighted by Crippen LogP contribution is 2.32. The van der Waals surface area contributed by atoms with Crippen molar-refractivity contribution in [2.75, 3.05) is 7.05 Å². The zero-order chi connectivity index (χ0) is 13.8. The Morgan fingerprint density at radius 2 is 1.89 bits per heavy atom. The fraction of sp³-hybridized carbons (Fsp3) is 0.417. The molecular weight excluding hydrogens is 295 g/mol. The summed E-state index contributed by atoms with van der Waals surface area (Å²) in [7, 11) is 1.79. The molecule has 0 aliphatic rings. The summed E-state index contributed by atoms with van der Waals surface area (Å²) in [6.07, 6.45) is -0.680. The van der Waals surface area contributed by atoms with Gasteiger partial charge in [-0.3, -0.25) is 9.69 Å². The third-order valence-electron chi connectivity index (χ3n) is 2.37. The van der Waals surface area contributed by atoms with E-state index < -0.39 is 9.96 Å². The largest absolute Gasteiger partial charge is 0.337 e. The number of hydrogen-bond donors (Lipinski definition) is 1. The Labute approximate surface area is 122 Å². The van der Waals surface area contributed by atoms with Gasteiger partial charge in [0.15, 0.2) is 0 Å². The van der Waals surface area contributed by atoms with Crippen molar-refractivity contribution in [1.29, 1.82) is 0 Å². The first-order chi connectivity index (χ1) is 8.30. The first kappa shape index (κ1) is 15.6. The minimum Gasteiger partial charge on any atom is -0.337 e. The highest BCUT2D eigenvalue weighted by atomic mass is 35.6. The van der Waals surface area contributed by atoms with Gasteiger partial charge >= 0.3 is 0 Å². The Kier molecular flexibility index (Phi) is 5.73. The van der Waals surface area contributed by atoms with Crippen molar-refractivity contribution in [3.63, 3.8) is 0 Å². The van der Waals surface area contributed by atoms with Crippen molar-refractivity contribution in [3.8, 4) is 0 Å². The van der Waals surface area contributed by atoms with Crippen LogP contribution in [0.5, 0.6) is 0 Å². The van der Waals surface area contributed by atoms with E-state index in [4.69, 9.17) is 34.8 Å². The lowest BCUT2D eigenvalue weighted by Gasteiger charge is -2.33. The number of rotatable bonds is 4. The molecule has 0 saturated heterocycles. The van der Waals surface area contributed by atoms with E-state index in [1.54, 1.807) is 11.9 Å². The molecule has 1 rings (SSSR count). The van der Waals surface area contributed by atoms with Crippen LogP contribution >= 0.6 is 34.8 Å². The fourth-order valence-electron chi connectivity index (χ4n) is 1.60. The first-order valence-corrected chi connectivity index (χ1v) is 6.52. The average Bonchev–Trinajstić information content (AvgIpc) is 2.25. The van der Waals surface area contributed by atoms with Crippen molar-refractivity contribution in [2.24, 2.45) is 0 Å². The fourth-order valence-corrected chi connectivity index (χ4v) is 2.26. The summed E-state index contributed by atoms with van der Waals surface area (Å²) >= 11 is 17.6. The monoisotopic (exact) mass is 308 g/mol. The van der Waals surface area contributed by atoms with E-state index in [0.717, 1.165) is 5.56 Å². The Bertz CT molecular complexity index is 392. The van der Waals surface area contributed by atoms with Crippen LogP contribution in [-0.4, -0.2) is 27.8 Å². The topological polar surface area (TPSA) is 32.3 Å². The van der Waals surface area contributed by atoms with Gasteiger partial charge in [-0.25, -0.2) is 0 Å². The second-order valence-electron chi connectivity index (χ2n) is 4.05. The second kappa shape index (κ2) is 6.62. The van der Waals surface area contributed by atoms with Gasteiger partial charge in [-0.2, -0.15) is 0 Å². The van der Waals surface area contributed by atoms with E-state index in [9.17, 15) is 4.79 Å². The molecule has 1 N–H and O–H groups in total. The number of carbonyl (C=O) groups excluding carboxylic acids is 1. The molecule has 100 valence electrons. The van der Waals surface area contributed by atoms with Crippen molar-refractivity contribution < 1.29 is 4.79 Å². The minimum atomic E-state index is -1.59. The lowest BCUT2D eigenvalue weighted by Crippen LogP contribution is -2.53. The molecule has 0 spiro atoms. The lowest BCUT2D eigenvalue weighted by molar-refractivity contribution is -0.120. The van der Waals surface area contributed by atoms with E-state index in [1.165, 1.54) is 6.92 Å². The summed E-state index contributed by atoms with van der Waals surface area (Å²) in [5.41, 5.74) is 1.07. The van der Waals surface area contributed by atoms with Crippen LogP contribution < -0.4 is 5.32 Å². The Morgan fingerprint density at radius 1 is 1.33 bits per heavy atom. The zero-order valence-electron chi connectivity index (χ0n) is 10.2. The SMILES string of the molecule is CC(=O)NC(N(C)Cc1ccccc1)C(Cl)(Cl)Cl. The Balaban J connectivity index is 2.77. The second-order valence-corrected chi connectivity index (χ2v) is 6.41.